The van der Waals surface area contributed by atoms with Crippen molar-refractivity contribution >= 4 is 154 Å². The zero-order chi connectivity index (χ0) is 87.0. The molecule has 15 rings (SSSR count). The van der Waals surface area contributed by atoms with E-state index in [2.05, 4.69) is 130 Å². The molecule has 0 bridgehead atoms. The predicted octanol–water partition coefficient (Wildman–Crippen LogP) is 20.7. The molecule has 3 saturated heterocycles. The Bertz CT molecular complexity index is 4990. The van der Waals surface area contributed by atoms with E-state index < -0.39 is 0 Å². The number of alkyl halides is 1. The van der Waals surface area contributed by atoms with Gasteiger partial charge in [0.1, 0.15) is 124 Å². The molecule has 3 aliphatic rings. The molecule has 0 aliphatic carbocycles. The van der Waals surface area contributed by atoms with Crippen LogP contribution in [0, 0.1) is 0 Å². The number of phenols is 7. The van der Waals surface area contributed by atoms with Crippen LogP contribution in [0.15, 0.2) is 289 Å². The van der Waals surface area contributed by atoms with E-state index in [0.29, 0.717) is 61.3 Å². The van der Waals surface area contributed by atoms with Crippen LogP contribution in [-0.4, -0.2) is 177 Å². The highest BCUT2D eigenvalue weighted by molar-refractivity contribution is 7.99. The van der Waals surface area contributed by atoms with Crippen LogP contribution < -0.4 is 0 Å². The first-order valence-electron chi connectivity index (χ1n) is 40.1. The van der Waals surface area contributed by atoms with Crippen LogP contribution in [-0.2, 0) is 111 Å². The van der Waals surface area contributed by atoms with Crippen molar-refractivity contribution in [1.82, 2.24) is 0 Å². The standard InChI is InChI=1S/C13H19OS.C12H16O3S.2C12H12O2S.C12H12OS.C10H12OS.C10H13OS.C10H13S.C8H10ClS/c1-3-4-10-15(2)11-13(14)12-8-6-5-7-9-12;13-7-9-5-11(16-3-1-2-4-16)6-10(8-14)12(9)15;1-15(2)12-6-5-11(14)9-4-3-8(13)7-10(9)12;1-15(2)11-7-6-9(13)8-4-3-5-10(14)12(8)11;1-14(2)12-8-7-11(13)9-5-3-4-6-10(9)12;11-9-3-5-10(6-4-9)12-7-1-2-8-12;1-12(2)8-10(11)9-6-4-3-5-7-9;1-2-6-10(7-3-1)11-8-4-5-9-11;1-10(7-9)8-5-3-2-4-6-8/h5-9H,3-4,10-11H2,1-2H3;5-6,13-14H,1-4,7-8H2;2*3-7H,1-2H3,(H-,13,14);3-8H,1-2H3;3-6H,1-2,7-8H2;3-7H,8H2,1-2H3;1-3,6-7H,4-5,8-9H2;2-6H,7H2,1H3/q+1;;;;;;3*+1/p+5. The van der Waals surface area contributed by atoms with Gasteiger partial charge < -0.3 is 46.0 Å². The third-order valence-electron chi connectivity index (χ3n) is 19.5. The molecule has 11 nitrogen and oxygen atoms in total. The number of phenolic OH excluding ortho intramolecular Hbond substituents is 6. The molecule has 12 aromatic rings. The first-order chi connectivity index (χ1) is 57.8. The minimum atomic E-state index is -0.177. The molecular weight excluding hydrogens is 1690 g/mol. The lowest BCUT2D eigenvalue weighted by Gasteiger charge is -2.09. The van der Waals surface area contributed by atoms with E-state index in [0.717, 1.165) is 42.8 Å². The van der Waals surface area contributed by atoms with E-state index in [9.17, 15) is 40.2 Å². The van der Waals surface area contributed by atoms with E-state index in [-0.39, 0.29) is 130 Å². The molecule has 0 spiro atoms. The van der Waals surface area contributed by atoms with E-state index in [4.69, 9.17) is 26.9 Å². The zero-order valence-corrected chi connectivity index (χ0v) is 79.4. The summed E-state index contributed by atoms with van der Waals surface area (Å²) in [6.07, 6.45) is 31.9. The summed E-state index contributed by atoms with van der Waals surface area (Å²) in [5.74, 6) is 12.8. The van der Waals surface area contributed by atoms with Crippen molar-refractivity contribution in [2.24, 2.45) is 0 Å². The number of rotatable bonds is 19. The minimum absolute atomic E-state index is 0.0385. The topological polar surface area (TPSA) is 216 Å². The number of aliphatic hydroxyl groups is 2. The number of benzene rings is 12. The third kappa shape index (κ3) is 32.4. The molecule has 2 atom stereocenters. The highest BCUT2D eigenvalue weighted by atomic mass is 35.5. The molecule has 21 heteroatoms. The summed E-state index contributed by atoms with van der Waals surface area (Å²) in [5.41, 5.74) is 2.74. The van der Waals surface area contributed by atoms with Gasteiger partial charge in [-0.1, -0.05) is 152 Å². The number of carbonyl (C=O) groups excluding carboxylic acids is 2. The number of carbonyl (C=O) groups is 2. The Kier molecular flexibility index (Phi) is 44.7. The van der Waals surface area contributed by atoms with Gasteiger partial charge in [0, 0.05) is 138 Å². The highest BCUT2D eigenvalue weighted by Crippen LogP contribution is 2.38. The second-order valence-electron chi connectivity index (χ2n) is 29.5. The molecule has 638 valence electrons. The fourth-order valence-electron chi connectivity index (χ4n) is 13.1. The summed E-state index contributed by atoms with van der Waals surface area (Å²) in [4.78, 5) is 32.4. The van der Waals surface area contributed by atoms with Gasteiger partial charge in [-0.05, 0) is 182 Å². The van der Waals surface area contributed by atoms with Gasteiger partial charge in [0.25, 0.3) is 0 Å². The van der Waals surface area contributed by atoms with Crippen molar-refractivity contribution in [1.29, 1.82) is 0 Å². The maximum Gasteiger partial charge on any atom is 0.211 e. The average molecular weight is 1810 g/mol. The summed E-state index contributed by atoms with van der Waals surface area (Å²) in [7, 11) is 2.41. The SMILES string of the molecule is CCCC[S+](C)CC(=O)c1ccccc1.C[S+](C)CC(=O)c1ccccc1.C[S+](C)c1ccc(O)c2ccc(O)cc12.C[S+](C)c1ccc(O)c2cccc(O)c12.C[S+](C)c1ccc(O)c2ccccc12.C[S+](CCl)c1ccccc1.OCc1cc([S+]2CCCC2)cc(CO)c1O.Oc1ccc([S+]2CCCC2)cc1.c1ccc([S+]2CCCC2)cc1. The Morgan fingerprint density at radius 1 is 0.367 bits per heavy atom. The van der Waals surface area contributed by atoms with Gasteiger partial charge in [-0.3, -0.25) is 9.59 Å². The Labute approximate surface area is 745 Å². The number of aliphatic hydroxyl groups excluding tert-OH is 2. The predicted molar refractivity (Wildman–Crippen MR) is 533 cm³/mol. The van der Waals surface area contributed by atoms with Crippen molar-refractivity contribution in [3.8, 4) is 40.2 Å². The third-order valence-corrected chi connectivity index (χ3v) is 35.6. The lowest BCUT2D eigenvalue weighted by atomic mass is 10.1. The van der Waals surface area contributed by atoms with Crippen LogP contribution in [0.2, 0.25) is 0 Å². The Morgan fingerprint density at radius 3 is 1.22 bits per heavy atom. The molecule has 2 unspecified atom stereocenters. The molecule has 3 heterocycles. The lowest BCUT2D eigenvalue weighted by molar-refractivity contribution is 0.101. The van der Waals surface area contributed by atoms with E-state index in [1.54, 1.807) is 65.6 Å². The number of hydrogen-bond acceptors (Lipinski definition) is 11. The monoisotopic (exact) mass is 1810 g/mol. The Hall–Kier alpha value is -7.28. The van der Waals surface area contributed by atoms with Crippen LogP contribution in [0.1, 0.15) is 90.1 Å². The lowest BCUT2D eigenvalue weighted by Crippen LogP contribution is -2.18. The fraction of sp³-hybridized carbons (Fsp3) is 0.313. The number of Topliss-reactive ketones (excluding diaryl/α,β-unsaturated/α-hetero) is 2. The molecule has 0 aromatic heterocycles. The molecular formula is C99H124ClO11S9+9. The molecule has 0 saturated carbocycles. The van der Waals surface area contributed by atoms with Gasteiger partial charge in [0.2, 0.25) is 11.6 Å². The van der Waals surface area contributed by atoms with Gasteiger partial charge in [0.05, 0.1) is 37.4 Å². The zero-order valence-electron chi connectivity index (χ0n) is 71.3. The van der Waals surface area contributed by atoms with Gasteiger partial charge >= 0.3 is 0 Å². The maximum absolute atomic E-state index is 11.8. The quantitative estimate of drug-likeness (QED) is 0.0211. The van der Waals surface area contributed by atoms with Crippen LogP contribution in [0.5, 0.6) is 40.2 Å². The van der Waals surface area contributed by atoms with E-state index in [1.165, 1.54) is 122 Å². The summed E-state index contributed by atoms with van der Waals surface area (Å²) in [6.45, 7) is 1.84. The first kappa shape index (κ1) is 99.8. The number of aromatic hydroxyl groups is 7. The van der Waals surface area contributed by atoms with Crippen molar-refractivity contribution in [3.05, 3.63) is 277 Å². The molecule has 3 aliphatic heterocycles. The van der Waals surface area contributed by atoms with Gasteiger partial charge in [-0.25, -0.2) is 0 Å². The Morgan fingerprint density at radius 2 is 0.758 bits per heavy atom. The largest absolute Gasteiger partial charge is 0.508 e. The van der Waals surface area contributed by atoms with Crippen LogP contribution >= 0.6 is 11.6 Å². The summed E-state index contributed by atoms with van der Waals surface area (Å²) < 4.78 is 0. The second kappa shape index (κ2) is 53.7. The fourth-order valence-corrected chi connectivity index (χ4v) is 26.3. The molecule has 0 radical (unpaired) electrons. The Balaban J connectivity index is 0.000000187. The normalized spacial score (nSPS) is 13.6. The van der Waals surface area contributed by atoms with Crippen molar-refractivity contribution in [3.63, 3.8) is 0 Å². The van der Waals surface area contributed by atoms with Crippen LogP contribution in [0.4, 0.5) is 0 Å². The number of halogens is 1. The molecule has 120 heavy (non-hydrogen) atoms. The van der Waals surface area contributed by atoms with Gasteiger partial charge in [0.15, 0.2) is 51.0 Å². The minimum Gasteiger partial charge on any atom is -0.508 e. The number of ketones is 2. The summed E-state index contributed by atoms with van der Waals surface area (Å²) in [5, 5.41) is 91.6. The molecule has 12 aromatic carbocycles. The van der Waals surface area contributed by atoms with E-state index >= 15 is 0 Å². The average Bonchev–Trinajstić information content (AvgIpc) is 0.941. The summed E-state index contributed by atoms with van der Waals surface area (Å²) >= 11 is 5.70. The van der Waals surface area contributed by atoms with Crippen molar-refractivity contribution in [2.45, 2.75) is 106 Å². The van der Waals surface area contributed by atoms with Crippen molar-refractivity contribution < 1.29 is 55.5 Å². The van der Waals surface area contributed by atoms with Crippen molar-refractivity contribution in [2.75, 3.05) is 120 Å². The van der Waals surface area contributed by atoms with Crippen LogP contribution in [0.3, 0.4) is 0 Å². The van der Waals surface area contributed by atoms with Crippen LogP contribution in [0.25, 0.3) is 32.3 Å². The number of fused-ring (bicyclic) bond motifs is 3. The highest BCUT2D eigenvalue weighted by Gasteiger charge is 2.31. The van der Waals surface area contributed by atoms with Gasteiger partial charge in [-0.2, -0.15) is 0 Å². The number of hydrogen-bond donors (Lipinski definition) is 9. The smallest absolute Gasteiger partial charge is 0.211 e. The first-order valence-corrected chi connectivity index (χ1v) is 57.4. The summed E-state index contributed by atoms with van der Waals surface area (Å²) in [6, 6.07) is 81.1. The maximum atomic E-state index is 11.8. The van der Waals surface area contributed by atoms with E-state index in [1.807, 2.05) is 133 Å². The molecule has 9 N–H and O–H groups in total. The second-order valence-corrected chi connectivity index (χ2v) is 49.6. The molecule has 0 amide bonds. The van der Waals surface area contributed by atoms with Gasteiger partial charge in [-0.15, -0.1) is 0 Å². The number of unbranched alkanes of at least 4 members (excludes halogenated alkanes) is 1. The molecule has 3 fully saturated rings.